The van der Waals surface area contributed by atoms with Gasteiger partial charge in [-0.3, -0.25) is 5.41 Å². The zero-order chi connectivity index (χ0) is 12.4. The molecule has 4 N–H and O–H groups in total. The molecule has 2 atom stereocenters. The molecule has 6 heteroatoms. The first-order valence-electron chi connectivity index (χ1n) is 5.68. The fourth-order valence-electron chi connectivity index (χ4n) is 2.01. The van der Waals surface area contributed by atoms with Gasteiger partial charge in [-0.25, -0.2) is 9.97 Å². The normalized spacial score (nSPS) is 21.5. The molecular formula is C11H17N5O. The van der Waals surface area contributed by atoms with E-state index in [9.17, 15) is 5.11 Å². The number of nitrogens with two attached hydrogens (primary N) is 1. The molecule has 1 fully saturated rings. The molecule has 2 rings (SSSR count). The smallest absolute Gasteiger partial charge is 0.225 e. The number of hydrogen-bond acceptors (Lipinski definition) is 5. The van der Waals surface area contributed by atoms with Gasteiger partial charge >= 0.3 is 0 Å². The number of hydrogen-bond donors (Lipinski definition) is 3. The largest absolute Gasteiger partial charge is 0.393 e. The number of anilines is 1. The van der Waals surface area contributed by atoms with E-state index in [0.29, 0.717) is 11.6 Å². The van der Waals surface area contributed by atoms with Gasteiger partial charge in [-0.15, -0.1) is 0 Å². The maximum atomic E-state index is 9.54. The van der Waals surface area contributed by atoms with Crippen LogP contribution in [0.3, 0.4) is 0 Å². The maximum absolute atomic E-state index is 9.54. The fraction of sp³-hybridized carbons (Fsp3) is 0.545. The molecule has 0 spiro atoms. The third-order valence-corrected chi connectivity index (χ3v) is 3.11. The predicted octanol–water partition coefficient (Wildman–Crippen LogP) is -0.0322. The Morgan fingerprint density at radius 3 is 3.06 bits per heavy atom. The van der Waals surface area contributed by atoms with E-state index >= 15 is 0 Å². The molecule has 0 radical (unpaired) electrons. The Hall–Kier alpha value is -1.69. The Kier molecular flexibility index (Phi) is 3.23. The quantitative estimate of drug-likeness (QED) is 0.504. The van der Waals surface area contributed by atoms with E-state index in [1.807, 2.05) is 4.90 Å². The third-order valence-electron chi connectivity index (χ3n) is 3.11. The third kappa shape index (κ3) is 2.52. The summed E-state index contributed by atoms with van der Waals surface area (Å²) in [7, 11) is 0. The second-order valence-electron chi connectivity index (χ2n) is 4.39. The molecule has 0 amide bonds. The van der Waals surface area contributed by atoms with Crippen LogP contribution in [0.5, 0.6) is 0 Å². The van der Waals surface area contributed by atoms with Gasteiger partial charge in [0.05, 0.1) is 6.10 Å². The van der Waals surface area contributed by atoms with Crippen LogP contribution in [0.2, 0.25) is 0 Å². The van der Waals surface area contributed by atoms with Crippen LogP contribution in [-0.2, 0) is 0 Å². The van der Waals surface area contributed by atoms with Crippen molar-refractivity contribution in [2.45, 2.75) is 19.4 Å². The van der Waals surface area contributed by atoms with E-state index < -0.39 is 0 Å². The summed E-state index contributed by atoms with van der Waals surface area (Å²) in [6.45, 7) is 3.39. The highest BCUT2D eigenvalue weighted by Crippen LogP contribution is 2.22. The van der Waals surface area contributed by atoms with Crippen LogP contribution in [0.15, 0.2) is 12.3 Å². The number of amidine groups is 1. The van der Waals surface area contributed by atoms with Crippen molar-refractivity contribution in [3.05, 3.63) is 18.0 Å². The Labute approximate surface area is 100.0 Å². The van der Waals surface area contributed by atoms with Crippen LogP contribution in [0.4, 0.5) is 5.95 Å². The second kappa shape index (κ2) is 4.67. The van der Waals surface area contributed by atoms with Gasteiger partial charge in [-0.1, -0.05) is 0 Å². The van der Waals surface area contributed by atoms with Gasteiger partial charge in [0, 0.05) is 25.2 Å². The van der Waals surface area contributed by atoms with E-state index in [4.69, 9.17) is 11.1 Å². The van der Waals surface area contributed by atoms with Crippen molar-refractivity contribution in [2.24, 2.45) is 11.7 Å². The van der Waals surface area contributed by atoms with Gasteiger partial charge in [0.15, 0.2) is 0 Å². The minimum absolute atomic E-state index is 0.0556. The molecule has 0 bridgehead atoms. The van der Waals surface area contributed by atoms with Crippen molar-refractivity contribution in [1.29, 1.82) is 5.41 Å². The van der Waals surface area contributed by atoms with Crippen molar-refractivity contribution in [3.8, 4) is 0 Å². The zero-order valence-corrected chi connectivity index (χ0v) is 9.80. The fourth-order valence-corrected chi connectivity index (χ4v) is 2.01. The van der Waals surface area contributed by atoms with Gasteiger partial charge in [0.25, 0.3) is 0 Å². The lowest BCUT2D eigenvalue weighted by atomic mass is 10.0. The summed E-state index contributed by atoms with van der Waals surface area (Å²) < 4.78 is 0. The number of nitrogen functional groups attached to an aromatic ring is 1. The molecule has 1 aliphatic rings. The highest BCUT2D eigenvalue weighted by molar-refractivity contribution is 5.93. The molecule has 2 unspecified atom stereocenters. The summed E-state index contributed by atoms with van der Waals surface area (Å²) in [4.78, 5) is 10.4. The summed E-state index contributed by atoms with van der Waals surface area (Å²) in [5.74, 6) is 0.792. The highest BCUT2D eigenvalue weighted by atomic mass is 16.3. The Morgan fingerprint density at radius 1 is 1.71 bits per heavy atom. The average Bonchev–Trinajstić information content (AvgIpc) is 2.78. The molecule has 0 aromatic carbocycles. The summed E-state index contributed by atoms with van der Waals surface area (Å²) in [6, 6.07) is 1.62. The van der Waals surface area contributed by atoms with E-state index in [0.717, 1.165) is 19.5 Å². The Balaban J connectivity index is 2.13. The summed E-state index contributed by atoms with van der Waals surface area (Å²) in [5.41, 5.74) is 5.83. The molecule has 92 valence electrons. The molecule has 2 heterocycles. The first kappa shape index (κ1) is 11.8. The first-order valence-corrected chi connectivity index (χ1v) is 5.68. The van der Waals surface area contributed by atoms with Gasteiger partial charge in [0.2, 0.25) is 5.95 Å². The Bertz CT molecular complexity index is 420. The van der Waals surface area contributed by atoms with Crippen LogP contribution in [-0.4, -0.2) is 40.1 Å². The zero-order valence-electron chi connectivity index (χ0n) is 9.80. The number of nitrogens with one attached hydrogen (secondary N) is 1. The lowest BCUT2D eigenvalue weighted by Crippen LogP contribution is -2.26. The van der Waals surface area contributed by atoms with E-state index in [-0.39, 0.29) is 17.9 Å². The maximum Gasteiger partial charge on any atom is 0.225 e. The minimum atomic E-state index is -0.309. The number of nitrogens with zero attached hydrogens (tertiary/aromatic N) is 3. The molecule has 1 aromatic rings. The average molecular weight is 235 g/mol. The molecular weight excluding hydrogens is 218 g/mol. The van der Waals surface area contributed by atoms with Gasteiger partial charge < -0.3 is 15.7 Å². The van der Waals surface area contributed by atoms with Gasteiger partial charge in [0.1, 0.15) is 11.5 Å². The topological polar surface area (TPSA) is 99.1 Å². The van der Waals surface area contributed by atoms with E-state index in [1.54, 1.807) is 19.2 Å². The van der Waals surface area contributed by atoms with Crippen LogP contribution >= 0.6 is 0 Å². The van der Waals surface area contributed by atoms with Gasteiger partial charge in [-0.05, 0) is 19.4 Å². The van der Waals surface area contributed by atoms with E-state index in [1.165, 1.54) is 0 Å². The first-order chi connectivity index (χ1) is 8.08. The summed E-state index contributed by atoms with van der Waals surface area (Å²) >= 11 is 0. The molecule has 1 aromatic heterocycles. The van der Waals surface area contributed by atoms with Crippen molar-refractivity contribution in [1.82, 2.24) is 9.97 Å². The minimum Gasteiger partial charge on any atom is -0.393 e. The molecule has 0 saturated carbocycles. The van der Waals surface area contributed by atoms with Crippen molar-refractivity contribution >= 4 is 11.8 Å². The standard InChI is InChI=1S/C11H17N5O/c1-7(17)8-3-5-16(6-8)11-14-4-2-9(15-11)10(12)13/h2,4,7-8,17H,3,5-6H2,1H3,(H3,12,13). The number of rotatable bonds is 3. The summed E-state index contributed by atoms with van der Waals surface area (Å²) in [6.07, 6.45) is 2.23. The van der Waals surface area contributed by atoms with E-state index in [2.05, 4.69) is 9.97 Å². The van der Waals surface area contributed by atoms with Crippen LogP contribution < -0.4 is 10.6 Å². The lowest BCUT2D eigenvalue weighted by molar-refractivity contribution is 0.136. The van der Waals surface area contributed by atoms with Crippen molar-refractivity contribution in [2.75, 3.05) is 18.0 Å². The SMILES string of the molecule is CC(O)C1CCN(c2nccc(C(=N)N)n2)C1. The number of aliphatic hydroxyl groups is 1. The van der Waals surface area contributed by atoms with Crippen LogP contribution in [0.25, 0.3) is 0 Å². The predicted molar refractivity (Wildman–Crippen MR) is 65.0 cm³/mol. The molecule has 1 saturated heterocycles. The lowest BCUT2D eigenvalue weighted by Gasteiger charge is -2.17. The monoisotopic (exact) mass is 235 g/mol. The number of aromatic nitrogens is 2. The van der Waals surface area contributed by atoms with Crippen LogP contribution in [0, 0.1) is 11.3 Å². The second-order valence-corrected chi connectivity index (χ2v) is 4.39. The van der Waals surface area contributed by atoms with Crippen LogP contribution in [0.1, 0.15) is 19.0 Å². The van der Waals surface area contributed by atoms with Gasteiger partial charge in [-0.2, -0.15) is 0 Å². The highest BCUT2D eigenvalue weighted by Gasteiger charge is 2.27. The molecule has 0 aliphatic carbocycles. The number of aliphatic hydroxyl groups excluding tert-OH is 1. The van der Waals surface area contributed by atoms with Crippen molar-refractivity contribution in [3.63, 3.8) is 0 Å². The molecule has 17 heavy (non-hydrogen) atoms. The van der Waals surface area contributed by atoms with Crippen molar-refractivity contribution < 1.29 is 5.11 Å². The molecule has 1 aliphatic heterocycles. The molecule has 6 nitrogen and oxygen atoms in total. The summed E-state index contributed by atoms with van der Waals surface area (Å²) in [5, 5.41) is 16.9. The Morgan fingerprint density at radius 2 is 2.47 bits per heavy atom.